The Kier molecular flexibility index (Phi) is 4.98. The number of nitrogens with two attached hydrogens (primary N) is 3. The molecule has 7 nitrogen and oxygen atoms in total. The van der Waals surface area contributed by atoms with E-state index < -0.39 is 50.8 Å². The lowest BCUT2D eigenvalue weighted by Gasteiger charge is -2.26. The van der Waals surface area contributed by atoms with E-state index in [0.717, 1.165) is 0 Å². The number of primary sulfonamides is 2. The average molecular weight is 419 g/mol. The number of halogens is 5. The predicted octanol–water partition coefficient (Wildman–Crippen LogP) is 1.03. The van der Waals surface area contributed by atoms with Crippen molar-refractivity contribution in [3.63, 3.8) is 0 Å². The van der Waals surface area contributed by atoms with Gasteiger partial charge in [0.05, 0.1) is 10.6 Å². The quantitative estimate of drug-likeness (QED) is 0.493. The predicted molar refractivity (Wildman–Crippen MR) is 77.8 cm³/mol. The topological polar surface area (TPSA) is 146 Å². The van der Waals surface area contributed by atoms with Crippen LogP contribution < -0.4 is 16.0 Å². The molecular weight excluding hydrogens is 411 g/mol. The summed E-state index contributed by atoms with van der Waals surface area (Å²) < 4.78 is 69.6. The maximum atomic E-state index is 14.3. The van der Waals surface area contributed by atoms with Gasteiger partial charge in [-0.3, -0.25) is 0 Å². The Morgan fingerprint density at radius 3 is 1.64 bits per heavy atom. The number of benzene rings is 1. The zero-order valence-electron chi connectivity index (χ0n) is 10.2. The molecule has 0 saturated heterocycles. The van der Waals surface area contributed by atoms with Crippen molar-refractivity contribution < 1.29 is 25.6 Å². The van der Waals surface area contributed by atoms with Crippen molar-refractivity contribution in [2.45, 2.75) is 19.5 Å². The summed E-state index contributed by atoms with van der Waals surface area (Å²) >= 11 is 15.1. The van der Waals surface area contributed by atoms with Gasteiger partial charge in [-0.25, -0.2) is 35.9 Å². The zero-order valence-corrected chi connectivity index (χ0v) is 14.1. The first-order valence-corrected chi connectivity index (χ1v) is 9.16. The van der Waals surface area contributed by atoms with E-state index in [-0.39, 0.29) is 0 Å². The van der Waals surface area contributed by atoms with Gasteiger partial charge in [-0.2, -0.15) is 0 Å². The summed E-state index contributed by atoms with van der Waals surface area (Å²) in [5.74, 6) is 0. The Morgan fingerprint density at radius 2 is 1.32 bits per heavy atom. The molecule has 0 fully saturated rings. The van der Waals surface area contributed by atoms with E-state index in [2.05, 4.69) is 0 Å². The van der Waals surface area contributed by atoms with Crippen LogP contribution in [0.25, 0.3) is 0 Å². The van der Waals surface area contributed by atoms with Gasteiger partial charge in [-0.15, -0.1) is 0 Å². The molecule has 0 spiro atoms. The van der Waals surface area contributed by atoms with Crippen LogP contribution in [0.3, 0.4) is 0 Å². The van der Waals surface area contributed by atoms with Crippen molar-refractivity contribution in [3.8, 4) is 0 Å². The van der Waals surface area contributed by atoms with E-state index in [4.69, 9.17) is 50.8 Å². The van der Waals surface area contributed by atoms with Gasteiger partial charge >= 0.3 is 4.59 Å². The zero-order chi connectivity index (χ0) is 17.7. The number of nitrogen functional groups attached to an aromatic ring is 1. The molecule has 0 heterocycles. The molecule has 0 amide bonds. The van der Waals surface area contributed by atoms with Gasteiger partial charge in [-0.05, 0) is 12.1 Å². The number of sulfonamides is 2. The highest BCUT2D eigenvalue weighted by molar-refractivity contribution is 7.90. The monoisotopic (exact) mass is 417 g/mol. The largest absolute Gasteiger partial charge is 0.398 e. The molecule has 0 radical (unpaired) electrons. The molecule has 1 atom stereocenters. The number of hydrogen-bond donors (Lipinski definition) is 3. The van der Waals surface area contributed by atoms with Gasteiger partial charge in [0.25, 0.3) is 5.13 Å². The molecule has 1 rings (SSSR count). The van der Waals surface area contributed by atoms with Gasteiger partial charge < -0.3 is 5.73 Å². The molecular formula is C8H8Cl3F2N3O4S2. The molecule has 1 unspecified atom stereocenters. The average Bonchev–Trinajstić information content (AvgIpc) is 2.23. The van der Waals surface area contributed by atoms with Gasteiger partial charge in [0.2, 0.25) is 20.0 Å². The maximum absolute atomic E-state index is 14.3. The maximum Gasteiger partial charge on any atom is 0.309 e. The highest BCUT2D eigenvalue weighted by Crippen LogP contribution is 2.51. The van der Waals surface area contributed by atoms with Crippen molar-refractivity contribution in [2.24, 2.45) is 10.3 Å². The van der Waals surface area contributed by atoms with Crippen LogP contribution in [-0.2, 0) is 25.2 Å². The van der Waals surface area contributed by atoms with E-state index in [1.54, 1.807) is 0 Å². The molecule has 0 saturated carbocycles. The van der Waals surface area contributed by atoms with Crippen LogP contribution in [0.5, 0.6) is 0 Å². The van der Waals surface area contributed by atoms with E-state index in [9.17, 15) is 25.6 Å². The third kappa shape index (κ3) is 3.72. The molecule has 0 aliphatic carbocycles. The summed E-state index contributed by atoms with van der Waals surface area (Å²) in [5.41, 5.74) is 3.43. The molecule has 126 valence electrons. The third-order valence-electron chi connectivity index (χ3n) is 2.42. The first kappa shape index (κ1) is 19.6. The van der Waals surface area contributed by atoms with Crippen molar-refractivity contribution in [3.05, 3.63) is 17.7 Å². The fourth-order valence-electron chi connectivity index (χ4n) is 1.46. The van der Waals surface area contributed by atoms with Crippen LogP contribution in [0.4, 0.5) is 14.5 Å². The molecule has 22 heavy (non-hydrogen) atoms. The molecule has 1 aromatic rings. The van der Waals surface area contributed by atoms with Crippen LogP contribution in [0.2, 0.25) is 0 Å². The minimum Gasteiger partial charge on any atom is -0.398 e. The first-order chi connectivity index (χ1) is 9.49. The Labute approximate surface area is 139 Å². The Bertz CT molecular complexity index is 822. The Balaban J connectivity index is 3.94. The SMILES string of the molecule is Nc1cc(C(F)(Cl)C(F)(Cl)Cl)c(S(N)(=O)=O)cc1S(N)(=O)=O. The molecule has 0 aliphatic heterocycles. The second-order valence-corrected chi connectivity index (χ2v) is 8.86. The van der Waals surface area contributed by atoms with Crippen molar-refractivity contribution in [1.82, 2.24) is 0 Å². The number of rotatable bonds is 4. The lowest BCUT2D eigenvalue weighted by Crippen LogP contribution is -2.33. The number of alkyl halides is 5. The van der Waals surface area contributed by atoms with Crippen LogP contribution in [-0.4, -0.2) is 21.4 Å². The smallest absolute Gasteiger partial charge is 0.309 e. The second-order valence-electron chi connectivity index (χ2n) is 4.05. The molecule has 0 aliphatic rings. The van der Waals surface area contributed by atoms with Gasteiger partial charge in [0.15, 0.2) is 0 Å². The highest BCUT2D eigenvalue weighted by Gasteiger charge is 2.54. The second kappa shape index (κ2) is 5.58. The van der Waals surface area contributed by atoms with Crippen molar-refractivity contribution >= 4 is 60.5 Å². The van der Waals surface area contributed by atoms with Crippen molar-refractivity contribution in [1.29, 1.82) is 0 Å². The molecule has 14 heteroatoms. The van der Waals surface area contributed by atoms with Crippen LogP contribution >= 0.6 is 34.8 Å². The summed E-state index contributed by atoms with van der Waals surface area (Å²) in [5, 5.41) is 5.84. The summed E-state index contributed by atoms with van der Waals surface area (Å²) in [7, 11) is -9.24. The molecule has 0 aromatic heterocycles. The lowest BCUT2D eigenvalue weighted by molar-refractivity contribution is 0.153. The van der Waals surface area contributed by atoms with Crippen LogP contribution in [0, 0.1) is 0 Å². The summed E-state index contributed by atoms with van der Waals surface area (Å²) in [6, 6.07) is 0.733. The number of hydrogen-bond acceptors (Lipinski definition) is 5. The molecule has 1 aromatic carbocycles. The summed E-state index contributed by atoms with van der Waals surface area (Å²) in [4.78, 5) is -2.09. The van der Waals surface area contributed by atoms with Crippen LogP contribution in [0.15, 0.2) is 21.9 Å². The minimum absolute atomic E-state index is 0.325. The van der Waals surface area contributed by atoms with E-state index in [1.165, 1.54) is 0 Å². The van der Waals surface area contributed by atoms with E-state index >= 15 is 0 Å². The number of anilines is 1. The van der Waals surface area contributed by atoms with E-state index in [0.29, 0.717) is 12.1 Å². The van der Waals surface area contributed by atoms with Gasteiger partial charge in [0.1, 0.15) is 4.90 Å². The van der Waals surface area contributed by atoms with Crippen molar-refractivity contribution in [2.75, 3.05) is 5.73 Å². The Morgan fingerprint density at radius 1 is 0.909 bits per heavy atom. The lowest BCUT2D eigenvalue weighted by atomic mass is 10.1. The standard InChI is InChI=1S/C8H8Cl3F2N3O4S2/c9-7(12,8(10,11)13)3-1-4(14)6(22(16,19)20)2-5(3)21(15,17)18/h1-2H,14H2,(H2,15,17,18)(H2,16,19,20). The first-order valence-electron chi connectivity index (χ1n) is 4.93. The van der Waals surface area contributed by atoms with Gasteiger partial charge in [-0.1, -0.05) is 34.8 Å². The molecule has 6 N–H and O–H groups in total. The third-order valence-corrected chi connectivity index (χ3v) is 5.52. The Hall–Kier alpha value is -0.430. The normalized spacial score (nSPS) is 16.3. The van der Waals surface area contributed by atoms with Crippen LogP contribution in [0.1, 0.15) is 5.56 Å². The van der Waals surface area contributed by atoms with Gasteiger partial charge in [0, 0.05) is 5.56 Å². The fourth-order valence-corrected chi connectivity index (χ4v) is 3.41. The minimum atomic E-state index is -4.76. The summed E-state index contributed by atoms with van der Waals surface area (Å²) in [6.07, 6.45) is 0. The van der Waals surface area contributed by atoms with E-state index in [1.807, 2.05) is 0 Å². The fraction of sp³-hybridized carbons (Fsp3) is 0.250. The molecule has 0 bridgehead atoms. The highest BCUT2D eigenvalue weighted by atomic mass is 35.5. The summed E-state index contributed by atoms with van der Waals surface area (Å²) in [6.45, 7) is 0.